The molecule has 9 aromatic carbocycles. The van der Waals surface area contributed by atoms with Gasteiger partial charge in [0.05, 0.1) is 11.4 Å². The van der Waals surface area contributed by atoms with Crippen LogP contribution in [0.3, 0.4) is 0 Å². The summed E-state index contributed by atoms with van der Waals surface area (Å²) in [6.45, 7) is 2.44. The molecule has 4 saturated carbocycles. The van der Waals surface area contributed by atoms with E-state index in [0.717, 1.165) is 51.4 Å². The Bertz CT molecular complexity index is 3470. The van der Waals surface area contributed by atoms with Gasteiger partial charge in [0.1, 0.15) is 11.2 Å². The SMILES string of the molecule is CC1(c2ccccc2)c2cc(N(c3ccccc3-c3ccccc3)c3cc4c(oc5cccc(C67CC8CC(CC(C8)C6)C7)c54)c4ccccc34)ccc2-c2c1ccc1ccccc21. The molecule has 64 heavy (non-hydrogen) atoms. The number of rotatable bonds is 6. The van der Waals surface area contributed by atoms with Crippen molar-refractivity contribution in [3.05, 3.63) is 210 Å². The highest BCUT2D eigenvalue weighted by atomic mass is 16.3. The van der Waals surface area contributed by atoms with Crippen molar-refractivity contribution in [2.45, 2.75) is 56.3 Å². The topological polar surface area (TPSA) is 16.4 Å². The molecule has 4 bridgehead atoms. The van der Waals surface area contributed by atoms with Crippen LogP contribution < -0.4 is 4.90 Å². The zero-order valence-electron chi connectivity index (χ0n) is 36.2. The van der Waals surface area contributed by atoms with Crippen molar-refractivity contribution in [2.24, 2.45) is 17.8 Å². The molecular weight excluding hydrogens is 775 g/mol. The van der Waals surface area contributed by atoms with Crippen molar-refractivity contribution in [3.63, 3.8) is 0 Å². The summed E-state index contributed by atoms with van der Waals surface area (Å²) in [5, 5.41) is 7.46. The van der Waals surface area contributed by atoms with Crippen LogP contribution in [0, 0.1) is 17.8 Å². The van der Waals surface area contributed by atoms with E-state index in [1.54, 1.807) is 0 Å². The normalized spacial score (nSPS) is 23.0. The minimum absolute atomic E-state index is 0.220. The van der Waals surface area contributed by atoms with Crippen LogP contribution in [-0.2, 0) is 10.8 Å². The first-order valence-corrected chi connectivity index (χ1v) is 23.6. The Morgan fingerprint density at radius 1 is 0.484 bits per heavy atom. The number of nitrogens with zero attached hydrogens (tertiary/aromatic N) is 1. The minimum atomic E-state index is -0.379. The third-order valence-corrected chi connectivity index (χ3v) is 16.4. The van der Waals surface area contributed by atoms with Crippen molar-refractivity contribution in [1.82, 2.24) is 0 Å². The smallest absolute Gasteiger partial charge is 0.143 e. The molecule has 0 N–H and O–H groups in total. The summed E-state index contributed by atoms with van der Waals surface area (Å²) in [7, 11) is 0. The van der Waals surface area contributed by atoms with Crippen LogP contribution in [-0.4, -0.2) is 0 Å². The van der Waals surface area contributed by atoms with Gasteiger partial charge in [0, 0.05) is 38.2 Å². The van der Waals surface area contributed by atoms with Gasteiger partial charge in [-0.1, -0.05) is 158 Å². The molecule has 5 aliphatic carbocycles. The maximum Gasteiger partial charge on any atom is 0.143 e. The van der Waals surface area contributed by atoms with Crippen molar-refractivity contribution < 1.29 is 4.42 Å². The van der Waals surface area contributed by atoms with Gasteiger partial charge in [-0.15, -0.1) is 0 Å². The summed E-state index contributed by atoms with van der Waals surface area (Å²) in [6.07, 6.45) is 8.23. The maximum absolute atomic E-state index is 7.10. The van der Waals surface area contributed by atoms with Crippen molar-refractivity contribution in [1.29, 1.82) is 0 Å². The Morgan fingerprint density at radius 3 is 1.94 bits per heavy atom. The molecule has 15 rings (SSSR count). The largest absolute Gasteiger partial charge is 0.455 e. The number of para-hydroxylation sites is 1. The van der Waals surface area contributed by atoms with E-state index in [2.05, 4.69) is 200 Å². The van der Waals surface area contributed by atoms with Gasteiger partial charge in [0.25, 0.3) is 0 Å². The maximum atomic E-state index is 7.10. The van der Waals surface area contributed by atoms with Crippen molar-refractivity contribution in [2.75, 3.05) is 4.90 Å². The van der Waals surface area contributed by atoms with Gasteiger partial charge in [0.15, 0.2) is 0 Å². The average Bonchev–Trinajstić information content (AvgIpc) is 3.85. The number of hydrogen-bond donors (Lipinski definition) is 0. The molecule has 0 saturated heterocycles. The molecule has 1 aromatic heterocycles. The lowest BCUT2D eigenvalue weighted by molar-refractivity contribution is -0.00448. The Kier molecular flexibility index (Phi) is 7.74. The molecule has 1 unspecified atom stereocenters. The van der Waals surface area contributed by atoms with Gasteiger partial charge < -0.3 is 9.32 Å². The van der Waals surface area contributed by atoms with E-state index in [1.807, 2.05) is 0 Å². The molecule has 2 nitrogen and oxygen atoms in total. The summed E-state index contributed by atoms with van der Waals surface area (Å²) in [6, 6.07) is 70.5. The van der Waals surface area contributed by atoms with E-state index < -0.39 is 0 Å². The lowest BCUT2D eigenvalue weighted by Crippen LogP contribution is -2.48. The van der Waals surface area contributed by atoms with E-state index >= 15 is 0 Å². The number of anilines is 3. The predicted octanol–water partition coefficient (Wildman–Crippen LogP) is 16.8. The second kappa shape index (κ2) is 13.6. The first-order chi connectivity index (χ1) is 31.5. The fraction of sp³-hybridized carbons (Fsp3) is 0.194. The van der Waals surface area contributed by atoms with E-state index in [9.17, 15) is 0 Å². The average molecular weight is 824 g/mol. The van der Waals surface area contributed by atoms with Crippen molar-refractivity contribution >= 4 is 60.5 Å². The third-order valence-electron chi connectivity index (χ3n) is 16.4. The molecule has 1 atom stereocenters. The molecule has 308 valence electrons. The monoisotopic (exact) mass is 823 g/mol. The minimum Gasteiger partial charge on any atom is -0.455 e. The van der Waals surface area contributed by atoms with Gasteiger partial charge >= 0.3 is 0 Å². The van der Waals surface area contributed by atoms with E-state index in [4.69, 9.17) is 4.42 Å². The first kappa shape index (κ1) is 36.6. The number of furan rings is 1. The Morgan fingerprint density at radius 2 is 1.16 bits per heavy atom. The van der Waals surface area contributed by atoms with Crippen LogP contribution in [0.1, 0.15) is 67.7 Å². The summed E-state index contributed by atoms with van der Waals surface area (Å²) in [5.74, 6) is 2.56. The summed E-state index contributed by atoms with van der Waals surface area (Å²) < 4.78 is 7.10. The zero-order valence-corrected chi connectivity index (χ0v) is 36.2. The van der Waals surface area contributed by atoms with E-state index in [1.165, 1.54) is 110 Å². The number of benzene rings is 9. The Hall–Kier alpha value is -6.90. The second-order valence-corrected chi connectivity index (χ2v) is 19.9. The quantitative estimate of drug-likeness (QED) is 0.166. The highest BCUT2D eigenvalue weighted by molar-refractivity contribution is 6.21. The molecule has 0 aliphatic heterocycles. The van der Waals surface area contributed by atoms with E-state index in [-0.39, 0.29) is 10.8 Å². The van der Waals surface area contributed by atoms with Crippen molar-refractivity contribution in [3.8, 4) is 22.3 Å². The lowest BCUT2D eigenvalue weighted by atomic mass is 9.48. The Labute approximate surface area is 374 Å². The molecule has 2 heteroatoms. The summed E-state index contributed by atoms with van der Waals surface area (Å²) >= 11 is 0. The van der Waals surface area contributed by atoms with Gasteiger partial charge in [-0.3, -0.25) is 0 Å². The standard InChI is InChI=1S/C62H49NO/c1-61(44-18-6-3-7-19-44)52-30-27-43-17-8-9-21-47(43)58(52)50-29-28-45(34-54(50)61)63(55-25-13-12-20-46(55)42-15-4-2-5-16-42)56-35-51-59-53(62-36-39-31-40(37-62)33-41(32-39)38-62)24-14-26-57(59)64-60(51)49-23-11-10-22-48(49)56/h2-30,34-35,39-41H,31-33,36-38H2,1H3. The number of hydrogen-bond acceptors (Lipinski definition) is 2. The molecular formula is C62H49NO. The predicted molar refractivity (Wildman–Crippen MR) is 266 cm³/mol. The lowest BCUT2D eigenvalue weighted by Gasteiger charge is -2.57. The highest BCUT2D eigenvalue weighted by Crippen LogP contribution is 2.63. The van der Waals surface area contributed by atoms with Gasteiger partial charge in [0.2, 0.25) is 0 Å². The van der Waals surface area contributed by atoms with Crippen LogP contribution in [0.15, 0.2) is 192 Å². The fourth-order valence-corrected chi connectivity index (χ4v) is 14.1. The fourth-order valence-electron chi connectivity index (χ4n) is 14.1. The molecule has 10 aromatic rings. The van der Waals surface area contributed by atoms with Gasteiger partial charge in [-0.25, -0.2) is 0 Å². The third kappa shape index (κ3) is 5.14. The van der Waals surface area contributed by atoms with Gasteiger partial charge in [-0.2, -0.15) is 0 Å². The molecule has 1 heterocycles. The molecule has 0 amide bonds. The Balaban J connectivity index is 1.07. The van der Waals surface area contributed by atoms with Crippen LogP contribution in [0.5, 0.6) is 0 Å². The van der Waals surface area contributed by atoms with Crippen LogP contribution in [0.2, 0.25) is 0 Å². The molecule has 5 aliphatic rings. The van der Waals surface area contributed by atoms with E-state index in [0.29, 0.717) is 0 Å². The summed E-state index contributed by atoms with van der Waals surface area (Å²) in [4.78, 5) is 2.57. The van der Waals surface area contributed by atoms with Crippen LogP contribution in [0.4, 0.5) is 17.1 Å². The summed E-state index contributed by atoms with van der Waals surface area (Å²) in [5.41, 5.74) is 15.9. The zero-order chi connectivity index (χ0) is 42.1. The van der Waals surface area contributed by atoms with Crippen LogP contribution >= 0.6 is 0 Å². The second-order valence-electron chi connectivity index (χ2n) is 19.9. The first-order valence-electron chi connectivity index (χ1n) is 23.6. The molecule has 0 spiro atoms. The molecule has 4 fully saturated rings. The highest BCUT2D eigenvalue weighted by Gasteiger charge is 2.52. The van der Waals surface area contributed by atoms with Crippen LogP contribution in [0.25, 0.3) is 65.7 Å². The number of fused-ring (bicyclic) bond motifs is 10. The van der Waals surface area contributed by atoms with Gasteiger partial charge in [-0.05, 0) is 149 Å². The molecule has 0 radical (unpaired) electrons.